The third-order valence-electron chi connectivity index (χ3n) is 1.72. The van der Waals surface area contributed by atoms with Crippen molar-refractivity contribution < 1.29 is 4.74 Å². The molecule has 1 aromatic carbocycles. The number of ether oxygens (including phenoxy) is 1. The van der Waals surface area contributed by atoms with Crippen LogP contribution in [0.1, 0.15) is 5.56 Å². The predicted octanol–water partition coefficient (Wildman–Crippen LogP) is 3.00. The van der Waals surface area contributed by atoms with Crippen molar-refractivity contribution in [3.05, 3.63) is 39.5 Å². The van der Waals surface area contributed by atoms with Crippen molar-refractivity contribution in [1.82, 2.24) is 0 Å². The first-order valence-corrected chi connectivity index (χ1v) is 5.20. The van der Waals surface area contributed by atoms with Crippen LogP contribution in [0, 0.1) is 11.3 Å². The summed E-state index contributed by atoms with van der Waals surface area (Å²) in [6.07, 6.45) is 0. The molecule has 0 aromatic heterocycles. The first-order chi connectivity index (χ1) is 6.79. The Morgan fingerprint density at radius 3 is 2.57 bits per heavy atom. The Morgan fingerprint density at radius 2 is 2.07 bits per heavy atom. The molecule has 0 aliphatic heterocycles. The Balaban J connectivity index is 3.06. The largest absolute Gasteiger partial charge is 0.379 e. The molecule has 0 bridgehead atoms. The Bertz CT molecular complexity index is 365. The van der Waals surface area contributed by atoms with Crippen LogP contribution >= 0.6 is 22.6 Å². The fraction of sp³-hybridized carbons (Fsp3) is 0.182. The zero-order valence-electron chi connectivity index (χ0n) is 7.83. The molecular weight excluding hydrogens is 289 g/mol. The van der Waals surface area contributed by atoms with Crippen molar-refractivity contribution in [2.45, 2.75) is 0 Å². The van der Waals surface area contributed by atoms with Gasteiger partial charge in [0, 0.05) is 10.7 Å². The zero-order valence-corrected chi connectivity index (χ0v) is 9.98. The van der Waals surface area contributed by atoms with Gasteiger partial charge in [0.05, 0.1) is 12.2 Å². The van der Waals surface area contributed by atoms with E-state index in [9.17, 15) is 0 Å². The number of halogens is 1. The van der Waals surface area contributed by atoms with Gasteiger partial charge in [-0.3, -0.25) is 0 Å². The van der Waals surface area contributed by atoms with Crippen LogP contribution in [-0.4, -0.2) is 13.7 Å². The van der Waals surface area contributed by atoms with Crippen molar-refractivity contribution in [2.75, 3.05) is 13.7 Å². The predicted molar refractivity (Wildman–Crippen MR) is 64.9 cm³/mol. The van der Waals surface area contributed by atoms with Crippen LogP contribution in [0.5, 0.6) is 0 Å². The molecular formula is C11H10INO. The average molecular weight is 299 g/mol. The number of benzene rings is 1. The summed E-state index contributed by atoms with van der Waals surface area (Å²) in [6, 6.07) is 11.8. The molecule has 0 atom stereocenters. The lowest BCUT2D eigenvalue weighted by Gasteiger charge is -2.02. The van der Waals surface area contributed by atoms with Crippen LogP contribution < -0.4 is 0 Å². The molecule has 0 aliphatic rings. The van der Waals surface area contributed by atoms with Crippen LogP contribution in [0.25, 0.3) is 5.57 Å². The first-order valence-electron chi connectivity index (χ1n) is 4.12. The summed E-state index contributed by atoms with van der Waals surface area (Å²) in [5, 5.41) is 9.01. The van der Waals surface area contributed by atoms with Gasteiger partial charge in [-0.15, -0.1) is 0 Å². The molecule has 1 aromatic rings. The molecule has 2 nitrogen and oxygen atoms in total. The fourth-order valence-corrected chi connectivity index (χ4v) is 1.83. The summed E-state index contributed by atoms with van der Waals surface area (Å²) in [7, 11) is 1.62. The highest BCUT2D eigenvalue weighted by molar-refractivity contribution is 14.1. The van der Waals surface area contributed by atoms with Gasteiger partial charge in [0.25, 0.3) is 0 Å². The summed E-state index contributed by atoms with van der Waals surface area (Å²) < 4.78 is 5.92. The van der Waals surface area contributed by atoms with Crippen molar-refractivity contribution >= 4 is 28.2 Å². The summed E-state index contributed by atoms with van der Waals surface area (Å²) in [5.74, 6) is 0. The maximum Gasteiger partial charge on any atom is 0.101 e. The van der Waals surface area contributed by atoms with Crippen molar-refractivity contribution in [1.29, 1.82) is 5.26 Å². The van der Waals surface area contributed by atoms with Crippen molar-refractivity contribution in [3.63, 3.8) is 0 Å². The van der Waals surface area contributed by atoms with Gasteiger partial charge in [0.15, 0.2) is 0 Å². The lowest BCUT2D eigenvalue weighted by Crippen LogP contribution is -1.92. The third kappa shape index (κ3) is 2.82. The monoisotopic (exact) mass is 299 g/mol. The van der Waals surface area contributed by atoms with E-state index in [-0.39, 0.29) is 0 Å². The molecule has 0 N–H and O–H groups in total. The zero-order chi connectivity index (χ0) is 10.4. The molecule has 0 fully saturated rings. The van der Waals surface area contributed by atoms with E-state index < -0.39 is 0 Å². The van der Waals surface area contributed by atoms with E-state index >= 15 is 0 Å². The molecule has 72 valence electrons. The summed E-state index contributed by atoms with van der Waals surface area (Å²) in [5.41, 5.74) is 1.63. The fourth-order valence-electron chi connectivity index (χ4n) is 1.09. The first kappa shape index (κ1) is 11.2. The standard InChI is InChI=1S/C11H10INO/c1-14-8-11(12)10(7-13)9-5-3-2-4-6-9/h2-6H,8H2,1H3/b11-10-. The second-order valence-corrected chi connectivity index (χ2v) is 3.99. The maximum atomic E-state index is 9.01. The maximum absolute atomic E-state index is 9.01. The summed E-state index contributed by atoms with van der Waals surface area (Å²) in [6.45, 7) is 0.484. The van der Waals surface area contributed by atoms with Crippen molar-refractivity contribution in [2.24, 2.45) is 0 Å². The third-order valence-corrected chi connectivity index (χ3v) is 2.57. The lowest BCUT2D eigenvalue weighted by molar-refractivity contribution is 0.233. The number of rotatable bonds is 3. The SMILES string of the molecule is COC/C(I)=C(\C#N)c1ccccc1. The molecule has 0 heterocycles. The van der Waals surface area contributed by atoms with E-state index in [1.165, 1.54) is 0 Å². The van der Waals surface area contributed by atoms with Gasteiger partial charge in [-0.2, -0.15) is 5.26 Å². The molecule has 0 aliphatic carbocycles. The van der Waals surface area contributed by atoms with Gasteiger partial charge in [0.2, 0.25) is 0 Å². The number of methoxy groups -OCH3 is 1. The van der Waals surface area contributed by atoms with E-state index in [1.807, 2.05) is 30.3 Å². The number of nitrogens with zero attached hydrogens (tertiary/aromatic N) is 1. The molecule has 0 amide bonds. The minimum absolute atomic E-state index is 0.484. The van der Waals surface area contributed by atoms with Crippen molar-refractivity contribution in [3.8, 4) is 6.07 Å². The normalized spacial score (nSPS) is 11.8. The topological polar surface area (TPSA) is 33.0 Å². The molecule has 1 rings (SSSR count). The number of allylic oxidation sites excluding steroid dienone is 1. The Kier molecular flexibility index (Phi) is 4.63. The smallest absolute Gasteiger partial charge is 0.101 e. The minimum Gasteiger partial charge on any atom is -0.379 e. The summed E-state index contributed by atoms with van der Waals surface area (Å²) in [4.78, 5) is 0. The molecule has 0 unspecified atom stereocenters. The van der Waals surface area contributed by atoms with Crippen LogP contribution in [0.4, 0.5) is 0 Å². The highest BCUT2D eigenvalue weighted by Crippen LogP contribution is 2.22. The molecule has 0 spiro atoms. The van der Waals surface area contributed by atoms with Gasteiger partial charge < -0.3 is 4.74 Å². The van der Waals surface area contributed by atoms with Gasteiger partial charge in [-0.25, -0.2) is 0 Å². The minimum atomic E-state index is 0.484. The van der Waals surface area contributed by atoms with Gasteiger partial charge >= 0.3 is 0 Å². The van der Waals surface area contributed by atoms with E-state index in [2.05, 4.69) is 28.7 Å². The second kappa shape index (κ2) is 5.78. The van der Waals surface area contributed by atoms with Crippen LogP contribution in [-0.2, 0) is 4.74 Å². The number of nitriles is 1. The van der Waals surface area contributed by atoms with Crippen LogP contribution in [0.3, 0.4) is 0 Å². The average Bonchev–Trinajstić information content (AvgIpc) is 2.21. The molecule has 14 heavy (non-hydrogen) atoms. The lowest BCUT2D eigenvalue weighted by atomic mass is 10.1. The van der Waals surface area contributed by atoms with Crippen LogP contribution in [0.15, 0.2) is 33.9 Å². The quantitative estimate of drug-likeness (QED) is 0.635. The Hall–Kier alpha value is -0.860. The van der Waals surface area contributed by atoms with Gasteiger partial charge in [0.1, 0.15) is 6.07 Å². The van der Waals surface area contributed by atoms with Crippen LogP contribution in [0.2, 0.25) is 0 Å². The molecule has 0 radical (unpaired) electrons. The highest BCUT2D eigenvalue weighted by Gasteiger charge is 2.05. The number of hydrogen-bond donors (Lipinski definition) is 0. The van der Waals surface area contributed by atoms with Gasteiger partial charge in [-0.1, -0.05) is 30.3 Å². The summed E-state index contributed by atoms with van der Waals surface area (Å²) >= 11 is 2.14. The Labute approximate surface area is 97.3 Å². The van der Waals surface area contributed by atoms with Gasteiger partial charge in [-0.05, 0) is 28.2 Å². The molecule has 3 heteroatoms. The molecule has 0 saturated carbocycles. The highest BCUT2D eigenvalue weighted by atomic mass is 127. The Morgan fingerprint density at radius 1 is 1.43 bits per heavy atom. The number of hydrogen-bond acceptors (Lipinski definition) is 2. The second-order valence-electron chi connectivity index (χ2n) is 2.69. The van der Waals surface area contributed by atoms with E-state index in [0.29, 0.717) is 12.2 Å². The molecule has 0 saturated heterocycles. The van der Waals surface area contributed by atoms with E-state index in [0.717, 1.165) is 9.14 Å². The van der Waals surface area contributed by atoms with E-state index in [1.54, 1.807) is 7.11 Å². The van der Waals surface area contributed by atoms with E-state index in [4.69, 9.17) is 10.00 Å².